The number of hydrogen-bond donors (Lipinski definition) is 2. The second-order valence-electron chi connectivity index (χ2n) is 4.59. The van der Waals surface area contributed by atoms with Crippen LogP contribution in [0.3, 0.4) is 0 Å². The Bertz CT molecular complexity index is 609. The molecular formula is C16H17N3O2. The monoisotopic (exact) mass is 283 g/mol. The molecule has 0 aliphatic heterocycles. The van der Waals surface area contributed by atoms with Gasteiger partial charge in [0.1, 0.15) is 0 Å². The van der Waals surface area contributed by atoms with E-state index in [-0.39, 0.29) is 11.8 Å². The van der Waals surface area contributed by atoms with Gasteiger partial charge in [-0.15, -0.1) is 0 Å². The van der Waals surface area contributed by atoms with Crippen molar-refractivity contribution in [1.29, 1.82) is 0 Å². The van der Waals surface area contributed by atoms with Gasteiger partial charge in [-0.3, -0.25) is 9.78 Å². The molecule has 0 atom stereocenters. The molecule has 21 heavy (non-hydrogen) atoms. The van der Waals surface area contributed by atoms with E-state index in [0.29, 0.717) is 24.2 Å². The van der Waals surface area contributed by atoms with E-state index in [0.717, 1.165) is 5.69 Å². The van der Waals surface area contributed by atoms with Crippen molar-refractivity contribution in [3.63, 3.8) is 0 Å². The van der Waals surface area contributed by atoms with Gasteiger partial charge in [0.05, 0.1) is 0 Å². The summed E-state index contributed by atoms with van der Waals surface area (Å²) < 4.78 is 0. The molecule has 108 valence electrons. The number of urea groups is 1. The minimum atomic E-state index is -0.276. The number of nitrogens with one attached hydrogen (secondary N) is 2. The van der Waals surface area contributed by atoms with Crippen LogP contribution < -0.4 is 10.6 Å². The molecule has 0 fully saturated rings. The standard InChI is InChI=1S/C16H17N3O2/c1-12(20)13-5-7-15(8-6-13)19-16(21)18-11-9-14-4-2-3-10-17-14/h2-8,10H,9,11H2,1H3,(H2,18,19,21). The van der Waals surface area contributed by atoms with Crippen LogP contribution in [0.25, 0.3) is 0 Å². The minimum Gasteiger partial charge on any atom is -0.337 e. The lowest BCUT2D eigenvalue weighted by Crippen LogP contribution is -2.30. The fraction of sp³-hybridized carbons (Fsp3) is 0.188. The van der Waals surface area contributed by atoms with Crippen LogP contribution in [0.15, 0.2) is 48.7 Å². The molecule has 5 heteroatoms. The maximum atomic E-state index is 11.7. The number of carbonyl (C=O) groups excluding carboxylic acids is 2. The molecule has 1 aromatic heterocycles. The number of ketones is 1. The molecule has 1 heterocycles. The van der Waals surface area contributed by atoms with Crippen LogP contribution in [0.4, 0.5) is 10.5 Å². The number of Topliss-reactive ketones (excluding diaryl/α,β-unsaturated/α-hetero) is 1. The van der Waals surface area contributed by atoms with Crippen molar-refractivity contribution in [1.82, 2.24) is 10.3 Å². The minimum absolute atomic E-state index is 0.00126. The van der Waals surface area contributed by atoms with Crippen molar-refractivity contribution in [2.75, 3.05) is 11.9 Å². The highest BCUT2D eigenvalue weighted by molar-refractivity contribution is 5.95. The summed E-state index contributed by atoms with van der Waals surface area (Å²) in [6.07, 6.45) is 2.41. The molecule has 0 radical (unpaired) electrons. The summed E-state index contributed by atoms with van der Waals surface area (Å²) >= 11 is 0. The Morgan fingerprint density at radius 2 is 1.86 bits per heavy atom. The van der Waals surface area contributed by atoms with E-state index < -0.39 is 0 Å². The first kappa shape index (κ1) is 14.7. The first-order valence-corrected chi connectivity index (χ1v) is 6.71. The third-order valence-electron chi connectivity index (χ3n) is 2.94. The van der Waals surface area contributed by atoms with Crippen LogP contribution in [0.5, 0.6) is 0 Å². The Morgan fingerprint density at radius 1 is 1.10 bits per heavy atom. The summed E-state index contributed by atoms with van der Waals surface area (Å²) in [6.45, 7) is 2.02. The lowest BCUT2D eigenvalue weighted by Gasteiger charge is -2.07. The van der Waals surface area contributed by atoms with Crippen molar-refractivity contribution < 1.29 is 9.59 Å². The molecule has 1 aromatic carbocycles. The number of rotatable bonds is 5. The van der Waals surface area contributed by atoms with Gasteiger partial charge in [0.25, 0.3) is 0 Å². The number of benzene rings is 1. The van der Waals surface area contributed by atoms with E-state index in [2.05, 4.69) is 15.6 Å². The lowest BCUT2D eigenvalue weighted by molar-refractivity contribution is 0.101. The van der Waals surface area contributed by atoms with Gasteiger partial charge in [-0.25, -0.2) is 4.79 Å². The van der Waals surface area contributed by atoms with Crippen LogP contribution in [0.2, 0.25) is 0 Å². The van der Waals surface area contributed by atoms with Gasteiger partial charge in [0.2, 0.25) is 0 Å². The van der Waals surface area contributed by atoms with Crippen LogP contribution in [-0.4, -0.2) is 23.3 Å². The van der Waals surface area contributed by atoms with Crippen molar-refractivity contribution in [2.45, 2.75) is 13.3 Å². The molecule has 2 N–H and O–H groups in total. The van der Waals surface area contributed by atoms with Gasteiger partial charge < -0.3 is 10.6 Å². The van der Waals surface area contributed by atoms with Gasteiger partial charge in [-0.05, 0) is 43.3 Å². The Morgan fingerprint density at radius 3 is 2.48 bits per heavy atom. The highest BCUT2D eigenvalue weighted by atomic mass is 16.2. The summed E-state index contributed by atoms with van der Waals surface area (Å²) in [5.41, 5.74) is 2.20. The van der Waals surface area contributed by atoms with E-state index in [1.54, 1.807) is 30.5 Å². The number of aromatic nitrogens is 1. The fourth-order valence-corrected chi connectivity index (χ4v) is 1.81. The second kappa shape index (κ2) is 7.19. The highest BCUT2D eigenvalue weighted by Gasteiger charge is 2.03. The Balaban J connectivity index is 1.78. The molecular weight excluding hydrogens is 266 g/mol. The first-order valence-electron chi connectivity index (χ1n) is 6.71. The van der Waals surface area contributed by atoms with E-state index in [9.17, 15) is 9.59 Å². The summed E-state index contributed by atoms with van der Waals surface area (Å²) in [7, 11) is 0. The van der Waals surface area contributed by atoms with Crippen LogP contribution in [0, 0.1) is 0 Å². The van der Waals surface area contributed by atoms with Gasteiger partial charge in [-0.2, -0.15) is 0 Å². The van der Waals surface area contributed by atoms with E-state index in [1.807, 2.05) is 18.2 Å². The quantitative estimate of drug-likeness (QED) is 0.829. The SMILES string of the molecule is CC(=O)c1ccc(NC(=O)NCCc2ccccn2)cc1. The van der Waals surface area contributed by atoms with Gasteiger partial charge in [-0.1, -0.05) is 6.07 Å². The third-order valence-corrected chi connectivity index (χ3v) is 2.94. The van der Waals surface area contributed by atoms with E-state index >= 15 is 0 Å². The number of amides is 2. The molecule has 2 amide bonds. The molecule has 0 spiro atoms. The first-order chi connectivity index (χ1) is 10.1. The van der Waals surface area contributed by atoms with E-state index in [1.165, 1.54) is 6.92 Å². The van der Waals surface area contributed by atoms with Crippen LogP contribution in [-0.2, 0) is 6.42 Å². The Kier molecular flexibility index (Phi) is 5.04. The lowest BCUT2D eigenvalue weighted by atomic mass is 10.1. The van der Waals surface area contributed by atoms with Gasteiger partial charge in [0.15, 0.2) is 5.78 Å². The molecule has 0 aliphatic carbocycles. The zero-order valence-corrected chi connectivity index (χ0v) is 11.8. The zero-order chi connectivity index (χ0) is 15.1. The molecule has 0 aliphatic rings. The summed E-state index contributed by atoms with van der Waals surface area (Å²) in [4.78, 5) is 27.0. The largest absolute Gasteiger partial charge is 0.337 e. The fourth-order valence-electron chi connectivity index (χ4n) is 1.81. The average Bonchev–Trinajstić information content (AvgIpc) is 2.49. The highest BCUT2D eigenvalue weighted by Crippen LogP contribution is 2.09. The van der Waals surface area contributed by atoms with Crippen molar-refractivity contribution in [3.8, 4) is 0 Å². The van der Waals surface area contributed by atoms with Crippen molar-refractivity contribution in [3.05, 3.63) is 59.9 Å². The summed E-state index contributed by atoms with van der Waals surface area (Å²) in [5.74, 6) is 0.00126. The molecule has 2 rings (SSSR count). The molecule has 5 nitrogen and oxygen atoms in total. The summed E-state index contributed by atoms with van der Waals surface area (Å²) in [6, 6.07) is 12.2. The van der Waals surface area contributed by atoms with Crippen LogP contribution >= 0.6 is 0 Å². The number of hydrogen-bond acceptors (Lipinski definition) is 3. The number of pyridine rings is 1. The van der Waals surface area contributed by atoms with Crippen molar-refractivity contribution >= 4 is 17.5 Å². The maximum Gasteiger partial charge on any atom is 0.319 e. The second-order valence-corrected chi connectivity index (χ2v) is 4.59. The van der Waals surface area contributed by atoms with Crippen LogP contribution in [0.1, 0.15) is 23.0 Å². The Labute approximate surface area is 123 Å². The number of carbonyl (C=O) groups is 2. The van der Waals surface area contributed by atoms with E-state index in [4.69, 9.17) is 0 Å². The average molecular weight is 283 g/mol. The number of anilines is 1. The topological polar surface area (TPSA) is 71.1 Å². The Hall–Kier alpha value is -2.69. The maximum absolute atomic E-state index is 11.7. The normalized spacial score (nSPS) is 9.95. The molecule has 0 bridgehead atoms. The predicted octanol–water partition coefficient (Wildman–Crippen LogP) is 2.65. The van der Waals surface area contributed by atoms with Gasteiger partial charge in [0, 0.05) is 36.1 Å². The summed E-state index contributed by atoms with van der Waals surface area (Å²) in [5, 5.41) is 5.47. The number of nitrogens with zero attached hydrogens (tertiary/aromatic N) is 1. The third kappa shape index (κ3) is 4.72. The molecule has 0 saturated carbocycles. The predicted molar refractivity (Wildman–Crippen MR) is 81.4 cm³/mol. The smallest absolute Gasteiger partial charge is 0.319 e. The zero-order valence-electron chi connectivity index (χ0n) is 11.8. The molecule has 0 unspecified atom stereocenters. The molecule has 2 aromatic rings. The van der Waals surface area contributed by atoms with Gasteiger partial charge >= 0.3 is 6.03 Å². The molecule has 0 saturated heterocycles. The van der Waals surface area contributed by atoms with Crippen molar-refractivity contribution in [2.24, 2.45) is 0 Å².